The summed E-state index contributed by atoms with van der Waals surface area (Å²) in [5, 5.41) is 15.2. The maximum atomic E-state index is 11.8. The molecule has 2 atom stereocenters. The first-order valence-corrected chi connectivity index (χ1v) is 5.79. The van der Waals surface area contributed by atoms with Crippen molar-refractivity contribution in [2.24, 2.45) is 5.92 Å². The average molecular weight is 214 g/mol. The molecular weight excluding hydrogens is 192 g/mol. The van der Waals surface area contributed by atoms with E-state index < -0.39 is 0 Å². The van der Waals surface area contributed by atoms with E-state index in [4.69, 9.17) is 5.11 Å². The minimum atomic E-state index is -0.124. The number of aliphatic hydroxyl groups is 1. The standard InChI is InChI=1S/C11H22N2O2/c1-8(2)10(7-14)13-11(15)9-5-3-4-6-12-9/h8-10,12,14H,3-7H2,1-2H3,(H,13,15)/t9?,10-/m1/s1. The average Bonchev–Trinajstić information content (AvgIpc) is 2.26. The molecule has 1 aliphatic heterocycles. The van der Waals surface area contributed by atoms with Crippen LogP contribution in [0.2, 0.25) is 0 Å². The van der Waals surface area contributed by atoms with Gasteiger partial charge in [-0.25, -0.2) is 0 Å². The van der Waals surface area contributed by atoms with Gasteiger partial charge in [0.25, 0.3) is 0 Å². The molecule has 0 radical (unpaired) electrons. The van der Waals surface area contributed by atoms with Crippen LogP contribution in [0.1, 0.15) is 33.1 Å². The van der Waals surface area contributed by atoms with E-state index in [1.807, 2.05) is 13.8 Å². The quantitative estimate of drug-likeness (QED) is 0.629. The Labute approximate surface area is 91.4 Å². The zero-order valence-corrected chi connectivity index (χ0v) is 9.62. The summed E-state index contributed by atoms with van der Waals surface area (Å²) in [6.07, 6.45) is 3.16. The highest BCUT2D eigenvalue weighted by Gasteiger charge is 2.23. The first-order valence-electron chi connectivity index (χ1n) is 5.79. The fourth-order valence-electron chi connectivity index (χ4n) is 1.78. The summed E-state index contributed by atoms with van der Waals surface area (Å²) in [6, 6.07) is -0.187. The van der Waals surface area contributed by atoms with Gasteiger partial charge in [-0.2, -0.15) is 0 Å². The number of carbonyl (C=O) groups is 1. The lowest BCUT2D eigenvalue weighted by Gasteiger charge is -2.26. The number of hydrogen-bond acceptors (Lipinski definition) is 3. The summed E-state index contributed by atoms with van der Waals surface area (Å²) >= 11 is 0. The van der Waals surface area contributed by atoms with E-state index in [2.05, 4.69) is 10.6 Å². The molecule has 4 nitrogen and oxygen atoms in total. The molecule has 4 heteroatoms. The van der Waals surface area contributed by atoms with Gasteiger partial charge >= 0.3 is 0 Å². The van der Waals surface area contributed by atoms with Crippen LogP contribution in [0.4, 0.5) is 0 Å². The molecule has 1 rings (SSSR count). The number of piperidine rings is 1. The van der Waals surface area contributed by atoms with Crippen molar-refractivity contribution in [3.8, 4) is 0 Å². The van der Waals surface area contributed by atoms with Crippen molar-refractivity contribution in [3.63, 3.8) is 0 Å². The fourth-order valence-corrected chi connectivity index (χ4v) is 1.78. The molecule has 1 fully saturated rings. The summed E-state index contributed by atoms with van der Waals surface area (Å²) in [5.41, 5.74) is 0. The lowest BCUT2D eigenvalue weighted by molar-refractivity contribution is -0.125. The third kappa shape index (κ3) is 3.80. The highest BCUT2D eigenvalue weighted by atomic mass is 16.3. The van der Waals surface area contributed by atoms with Crippen molar-refractivity contribution >= 4 is 5.91 Å². The van der Waals surface area contributed by atoms with E-state index in [9.17, 15) is 4.79 Å². The summed E-state index contributed by atoms with van der Waals surface area (Å²) in [6.45, 7) is 4.92. The van der Waals surface area contributed by atoms with Crippen molar-refractivity contribution in [1.29, 1.82) is 0 Å². The second kappa shape index (κ2) is 6.08. The third-order valence-corrected chi connectivity index (χ3v) is 2.96. The second-order valence-electron chi connectivity index (χ2n) is 4.54. The molecule has 0 aliphatic carbocycles. The Bertz CT molecular complexity index is 201. The van der Waals surface area contributed by atoms with Gasteiger partial charge < -0.3 is 15.7 Å². The number of rotatable bonds is 4. The van der Waals surface area contributed by atoms with E-state index in [-0.39, 0.29) is 30.5 Å². The molecule has 3 N–H and O–H groups in total. The van der Waals surface area contributed by atoms with Gasteiger partial charge in [-0.1, -0.05) is 20.3 Å². The molecule has 1 aliphatic rings. The third-order valence-electron chi connectivity index (χ3n) is 2.96. The van der Waals surface area contributed by atoms with Crippen LogP contribution in [-0.4, -0.2) is 36.2 Å². The first kappa shape index (κ1) is 12.5. The van der Waals surface area contributed by atoms with Gasteiger partial charge in [0.15, 0.2) is 0 Å². The molecule has 0 spiro atoms. The Morgan fingerprint density at radius 1 is 1.53 bits per heavy atom. The predicted molar refractivity (Wildman–Crippen MR) is 59.5 cm³/mol. The van der Waals surface area contributed by atoms with Crippen LogP contribution in [0.15, 0.2) is 0 Å². The maximum absolute atomic E-state index is 11.8. The van der Waals surface area contributed by atoms with Crippen LogP contribution >= 0.6 is 0 Å². The minimum absolute atomic E-state index is 0.0100. The van der Waals surface area contributed by atoms with E-state index in [0.717, 1.165) is 25.8 Å². The van der Waals surface area contributed by atoms with Crippen LogP contribution in [0.5, 0.6) is 0 Å². The lowest BCUT2D eigenvalue weighted by atomic mass is 10.0. The smallest absolute Gasteiger partial charge is 0.237 e. The van der Waals surface area contributed by atoms with E-state index in [1.54, 1.807) is 0 Å². The Hall–Kier alpha value is -0.610. The summed E-state index contributed by atoms with van der Waals surface area (Å²) in [5.74, 6) is 0.296. The molecule has 1 saturated heterocycles. The van der Waals surface area contributed by atoms with Gasteiger partial charge in [-0.3, -0.25) is 4.79 Å². The number of nitrogens with one attached hydrogen (secondary N) is 2. The van der Waals surface area contributed by atoms with Gasteiger partial charge in [-0.15, -0.1) is 0 Å². The highest BCUT2D eigenvalue weighted by molar-refractivity contribution is 5.82. The number of aliphatic hydroxyl groups excluding tert-OH is 1. The predicted octanol–water partition coefficient (Wildman–Crippen LogP) is 0.262. The van der Waals surface area contributed by atoms with Gasteiger partial charge in [0.1, 0.15) is 0 Å². The van der Waals surface area contributed by atoms with Crippen molar-refractivity contribution in [3.05, 3.63) is 0 Å². The topological polar surface area (TPSA) is 61.4 Å². The van der Waals surface area contributed by atoms with Crippen molar-refractivity contribution in [2.45, 2.75) is 45.2 Å². The number of amides is 1. The molecular formula is C11H22N2O2. The number of carbonyl (C=O) groups excluding carboxylic acids is 1. The zero-order valence-electron chi connectivity index (χ0n) is 9.62. The molecule has 15 heavy (non-hydrogen) atoms. The molecule has 0 bridgehead atoms. The van der Waals surface area contributed by atoms with Crippen LogP contribution in [0.25, 0.3) is 0 Å². The van der Waals surface area contributed by atoms with E-state index in [1.165, 1.54) is 0 Å². The van der Waals surface area contributed by atoms with Crippen LogP contribution < -0.4 is 10.6 Å². The molecule has 1 amide bonds. The summed E-state index contributed by atoms with van der Waals surface area (Å²) < 4.78 is 0. The van der Waals surface area contributed by atoms with Crippen LogP contribution in [-0.2, 0) is 4.79 Å². The molecule has 0 aromatic carbocycles. The first-order chi connectivity index (χ1) is 7.15. The highest BCUT2D eigenvalue weighted by Crippen LogP contribution is 2.08. The zero-order chi connectivity index (χ0) is 11.3. The van der Waals surface area contributed by atoms with Gasteiger partial charge in [0.2, 0.25) is 5.91 Å². The fraction of sp³-hybridized carbons (Fsp3) is 0.909. The molecule has 0 saturated carbocycles. The maximum Gasteiger partial charge on any atom is 0.237 e. The van der Waals surface area contributed by atoms with Crippen LogP contribution in [0, 0.1) is 5.92 Å². The molecule has 0 aromatic rings. The molecule has 1 unspecified atom stereocenters. The second-order valence-corrected chi connectivity index (χ2v) is 4.54. The Balaban J connectivity index is 2.38. The van der Waals surface area contributed by atoms with Crippen molar-refractivity contribution in [2.75, 3.05) is 13.2 Å². The van der Waals surface area contributed by atoms with E-state index >= 15 is 0 Å². The molecule has 88 valence electrons. The SMILES string of the molecule is CC(C)[C@@H](CO)NC(=O)C1CCCCN1. The molecule has 0 aromatic heterocycles. The normalized spacial score (nSPS) is 23.9. The molecule has 1 heterocycles. The Kier molecular flexibility index (Phi) is 5.05. The monoisotopic (exact) mass is 214 g/mol. The lowest BCUT2D eigenvalue weighted by Crippen LogP contribution is -2.51. The number of hydrogen-bond donors (Lipinski definition) is 3. The Morgan fingerprint density at radius 2 is 2.27 bits per heavy atom. The van der Waals surface area contributed by atoms with Gasteiger partial charge in [0, 0.05) is 0 Å². The largest absolute Gasteiger partial charge is 0.394 e. The van der Waals surface area contributed by atoms with Crippen molar-refractivity contribution < 1.29 is 9.90 Å². The Morgan fingerprint density at radius 3 is 2.73 bits per heavy atom. The minimum Gasteiger partial charge on any atom is -0.394 e. The van der Waals surface area contributed by atoms with Gasteiger partial charge in [-0.05, 0) is 25.3 Å². The summed E-state index contributed by atoms with van der Waals surface area (Å²) in [4.78, 5) is 11.8. The van der Waals surface area contributed by atoms with Crippen molar-refractivity contribution in [1.82, 2.24) is 10.6 Å². The van der Waals surface area contributed by atoms with Gasteiger partial charge in [0.05, 0.1) is 18.7 Å². The van der Waals surface area contributed by atoms with Crippen LogP contribution in [0.3, 0.4) is 0 Å². The van der Waals surface area contributed by atoms with E-state index in [0.29, 0.717) is 0 Å². The summed E-state index contributed by atoms with van der Waals surface area (Å²) in [7, 11) is 0.